The van der Waals surface area contributed by atoms with Gasteiger partial charge in [-0.25, -0.2) is 9.18 Å². The van der Waals surface area contributed by atoms with Crippen LogP contribution in [0.15, 0.2) is 23.0 Å². The van der Waals surface area contributed by atoms with Crippen LogP contribution in [0.5, 0.6) is 5.75 Å². The minimum absolute atomic E-state index is 0.0584. The zero-order chi connectivity index (χ0) is 19.9. The molecule has 0 saturated heterocycles. The lowest BCUT2D eigenvalue weighted by Gasteiger charge is -2.31. The second-order valence-corrected chi connectivity index (χ2v) is 6.50. The first-order valence-electron chi connectivity index (χ1n) is 8.03. The summed E-state index contributed by atoms with van der Waals surface area (Å²) in [5.41, 5.74) is -0.614. The molecular formula is C18H16ClFN2O5. The van der Waals surface area contributed by atoms with Crippen molar-refractivity contribution in [2.24, 2.45) is 7.05 Å². The third-order valence-electron chi connectivity index (χ3n) is 4.58. The Morgan fingerprint density at radius 2 is 2.07 bits per heavy atom. The number of hydrogen-bond donors (Lipinski definition) is 1. The third kappa shape index (κ3) is 3.06. The van der Waals surface area contributed by atoms with Gasteiger partial charge in [0.15, 0.2) is 5.75 Å². The highest BCUT2D eigenvalue weighted by atomic mass is 35.5. The van der Waals surface area contributed by atoms with Crippen molar-refractivity contribution in [3.8, 4) is 5.75 Å². The van der Waals surface area contributed by atoms with Crippen molar-refractivity contribution < 1.29 is 23.8 Å². The van der Waals surface area contributed by atoms with Crippen LogP contribution in [0.1, 0.15) is 32.0 Å². The summed E-state index contributed by atoms with van der Waals surface area (Å²) in [6, 6.07) is 4.48. The second-order valence-electron chi connectivity index (χ2n) is 6.09. The van der Waals surface area contributed by atoms with Gasteiger partial charge in [-0.1, -0.05) is 23.7 Å². The van der Waals surface area contributed by atoms with Crippen LogP contribution < -0.4 is 10.3 Å². The molecule has 0 unspecified atom stereocenters. The first kappa shape index (κ1) is 18.9. The summed E-state index contributed by atoms with van der Waals surface area (Å²) in [6.45, 7) is 0.102. The number of rotatable bonds is 4. The molecular weight excluding hydrogens is 379 g/mol. The van der Waals surface area contributed by atoms with E-state index in [-0.39, 0.29) is 52.7 Å². The van der Waals surface area contributed by atoms with Gasteiger partial charge in [-0.2, -0.15) is 0 Å². The van der Waals surface area contributed by atoms with E-state index in [9.17, 15) is 23.9 Å². The molecule has 1 aliphatic rings. The first-order chi connectivity index (χ1) is 12.8. The van der Waals surface area contributed by atoms with Gasteiger partial charge < -0.3 is 19.3 Å². The zero-order valence-corrected chi connectivity index (χ0v) is 15.3. The number of nitrogens with zero attached hydrogens (tertiary/aromatic N) is 2. The van der Waals surface area contributed by atoms with Gasteiger partial charge >= 0.3 is 5.97 Å². The first-order valence-corrected chi connectivity index (χ1v) is 8.41. The van der Waals surface area contributed by atoms with E-state index in [1.165, 1.54) is 31.2 Å². The number of pyridine rings is 1. The Hall–Kier alpha value is -2.87. The monoisotopic (exact) mass is 394 g/mol. The number of ether oxygens (including phenoxy) is 1. The predicted octanol–water partition coefficient (Wildman–Crippen LogP) is 2.08. The molecule has 0 atom stereocenters. The third-order valence-corrected chi connectivity index (χ3v) is 4.87. The van der Waals surface area contributed by atoms with E-state index in [0.717, 1.165) is 4.57 Å². The molecule has 0 fully saturated rings. The highest BCUT2D eigenvalue weighted by molar-refractivity contribution is 6.30. The van der Waals surface area contributed by atoms with Crippen molar-refractivity contribution in [3.05, 3.63) is 61.8 Å². The van der Waals surface area contributed by atoms with Crippen LogP contribution >= 0.6 is 11.6 Å². The number of carboxylic acid groups (broad SMARTS) is 1. The number of carboxylic acids is 1. The van der Waals surface area contributed by atoms with Crippen LogP contribution in [-0.4, -0.2) is 40.1 Å². The summed E-state index contributed by atoms with van der Waals surface area (Å²) >= 11 is 5.78. The van der Waals surface area contributed by atoms with Crippen molar-refractivity contribution in [3.63, 3.8) is 0 Å². The molecule has 0 spiro atoms. The van der Waals surface area contributed by atoms with Gasteiger partial charge in [0, 0.05) is 31.3 Å². The molecule has 0 bridgehead atoms. The molecule has 9 heteroatoms. The molecule has 1 amide bonds. The van der Waals surface area contributed by atoms with Crippen molar-refractivity contribution in [2.75, 3.05) is 13.7 Å². The number of amides is 1. The zero-order valence-electron chi connectivity index (χ0n) is 14.6. The summed E-state index contributed by atoms with van der Waals surface area (Å²) in [4.78, 5) is 38.4. The highest BCUT2D eigenvalue weighted by Crippen LogP contribution is 2.29. The van der Waals surface area contributed by atoms with E-state index < -0.39 is 23.3 Å². The number of halogens is 2. The summed E-state index contributed by atoms with van der Waals surface area (Å²) in [6.07, 6.45) is 0.190. The van der Waals surface area contributed by atoms with Crippen molar-refractivity contribution >= 4 is 23.5 Å². The Labute approximate surface area is 158 Å². The van der Waals surface area contributed by atoms with Gasteiger partial charge in [0.05, 0.1) is 17.7 Å². The van der Waals surface area contributed by atoms with Gasteiger partial charge in [-0.15, -0.1) is 0 Å². The number of carbonyl (C=O) groups excluding carboxylic acids is 1. The molecule has 27 heavy (non-hydrogen) atoms. The van der Waals surface area contributed by atoms with E-state index in [1.807, 2.05) is 0 Å². The number of hydrogen-bond acceptors (Lipinski definition) is 4. The van der Waals surface area contributed by atoms with Gasteiger partial charge in [0.1, 0.15) is 11.5 Å². The molecule has 1 aromatic carbocycles. The van der Waals surface area contributed by atoms with Gasteiger partial charge in [0.25, 0.3) is 11.5 Å². The molecule has 1 N–H and O–H groups in total. The van der Waals surface area contributed by atoms with Gasteiger partial charge in [-0.3, -0.25) is 9.59 Å². The van der Waals surface area contributed by atoms with E-state index >= 15 is 0 Å². The molecule has 2 heterocycles. The lowest BCUT2D eigenvalue weighted by molar-refractivity contribution is 0.0678. The summed E-state index contributed by atoms with van der Waals surface area (Å²) < 4.78 is 20.2. The predicted molar refractivity (Wildman–Crippen MR) is 95.0 cm³/mol. The minimum Gasteiger partial charge on any atom is -0.490 e. The van der Waals surface area contributed by atoms with Crippen LogP contribution in [0.4, 0.5) is 4.39 Å². The van der Waals surface area contributed by atoms with Gasteiger partial charge in [-0.05, 0) is 12.5 Å². The normalized spacial score (nSPS) is 13.5. The maximum absolute atomic E-state index is 14.2. The molecule has 142 valence electrons. The molecule has 0 aliphatic carbocycles. The van der Waals surface area contributed by atoms with E-state index in [0.29, 0.717) is 0 Å². The number of carbonyl (C=O) groups is 2. The fraction of sp³-hybridized carbons (Fsp3) is 0.278. The Bertz CT molecular complexity index is 1020. The lowest BCUT2D eigenvalue weighted by Crippen LogP contribution is -2.41. The quantitative estimate of drug-likeness (QED) is 0.857. The maximum atomic E-state index is 14.2. The van der Waals surface area contributed by atoms with Crippen LogP contribution in [0.25, 0.3) is 0 Å². The van der Waals surface area contributed by atoms with E-state index in [2.05, 4.69) is 0 Å². The van der Waals surface area contributed by atoms with Crippen molar-refractivity contribution in [1.29, 1.82) is 0 Å². The SMILES string of the molecule is COc1c2c(c(C(=O)O)n(C)c1=O)CCN(Cc1cccc(Cl)c1F)C2=O. The minimum atomic E-state index is -1.31. The number of aromatic carboxylic acids is 1. The Morgan fingerprint density at radius 1 is 1.37 bits per heavy atom. The fourth-order valence-electron chi connectivity index (χ4n) is 3.28. The Balaban J connectivity index is 2.11. The number of methoxy groups -OCH3 is 1. The topological polar surface area (TPSA) is 88.8 Å². The molecule has 0 saturated carbocycles. The van der Waals surface area contributed by atoms with E-state index in [4.69, 9.17) is 16.3 Å². The number of benzene rings is 1. The molecule has 0 radical (unpaired) electrons. The molecule has 7 nitrogen and oxygen atoms in total. The summed E-state index contributed by atoms with van der Waals surface area (Å²) in [5, 5.41) is 9.42. The van der Waals surface area contributed by atoms with Gasteiger partial charge in [0.2, 0.25) is 0 Å². The summed E-state index contributed by atoms with van der Waals surface area (Å²) in [5.74, 6) is -2.75. The number of fused-ring (bicyclic) bond motifs is 1. The van der Waals surface area contributed by atoms with Crippen LogP contribution in [0, 0.1) is 5.82 Å². The second kappa shape index (κ2) is 7.03. The molecule has 2 aromatic rings. The average Bonchev–Trinajstić information content (AvgIpc) is 2.62. The largest absolute Gasteiger partial charge is 0.490 e. The Morgan fingerprint density at radius 3 is 2.70 bits per heavy atom. The standard InChI is InChI=1S/C18H16ClFN2O5/c1-21-14(18(25)26)10-6-7-22(8-9-4-3-5-11(19)13(9)20)16(23)12(10)15(27-2)17(21)24/h3-5H,6-8H2,1-2H3,(H,25,26). The van der Waals surface area contributed by atoms with Crippen LogP contribution in [0.3, 0.4) is 0 Å². The molecule has 1 aliphatic heterocycles. The van der Waals surface area contributed by atoms with Crippen molar-refractivity contribution in [2.45, 2.75) is 13.0 Å². The number of aromatic nitrogens is 1. The summed E-state index contributed by atoms with van der Waals surface area (Å²) in [7, 11) is 2.55. The smallest absolute Gasteiger partial charge is 0.352 e. The van der Waals surface area contributed by atoms with Crippen LogP contribution in [-0.2, 0) is 20.0 Å². The molecule has 3 rings (SSSR count). The fourth-order valence-corrected chi connectivity index (χ4v) is 3.48. The highest BCUT2D eigenvalue weighted by Gasteiger charge is 2.35. The maximum Gasteiger partial charge on any atom is 0.352 e. The molecule has 1 aromatic heterocycles. The van der Waals surface area contributed by atoms with Crippen molar-refractivity contribution in [1.82, 2.24) is 9.47 Å². The van der Waals surface area contributed by atoms with Crippen LogP contribution in [0.2, 0.25) is 5.02 Å². The van der Waals surface area contributed by atoms with E-state index in [1.54, 1.807) is 6.07 Å². The lowest BCUT2D eigenvalue weighted by atomic mass is 9.95. The average molecular weight is 395 g/mol. The Kier molecular flexibility index (Phi) is 4.93.